The van der Waals surface area contributed by atoms with Gasteiger partial charge in [-0.25, -0.2) is 4.98 Å². The number of rotatable bonds is 8. The van der Waals surface area contributed by atoms with Crippen molar-refractivity contribution in [3.8, 4) is 17.0 Å². The van der Waals surface area contributed by atoms with Crippen molar-refractivity contribution >= 4 is 34.3 Å². The molecular weight excluding hydrogens is 418 g/mol. The predicted molar refractivity (Wildman–Crippen MR) is 117 cm³/mol. The first-order chi connectivity index (χ1) is 15.0. The number of thiazole rings is 1. The Hall–Kier alpha value is -3.72. The molecule has 0 aliphatic heterocycles. The van der Waals surface area contributed by atoms with Gasteiger partial charge < -0.3 is 14.8 Å². The minimum atomic E-state index is -1.06. The Kier molecular flexibility index (Phi) is 7.34. The molecule has 160 valence electrons. The quantitative estimate of drug-likeness (QED) is 0.523. The number of carbonyl (C=O) groups is 3. The average molecular weight is 439 g/mol. The van der Waals surface area contributed by atoms with E-state index in [1.807, 2.05) is 35.7 Å². The highest BCUT2D eigenvalue weighted by Crippen LogP contribution is 2.24. The van der Waals surface area contributed by atoms with Crippen LogP contribution in [0.25, 0.3) is 11.3 Å². The third-order valence-electron chi connectivity index (χ3n) is 4.23. The van der Waals surface area contributed by atoms with E-state index in [4.69, 9.17) is 9.47 Å². The van der Waals surface area contributed by atoms with Crippen molar-refractivity contribution in [1.82, 2.24) is 10.3 Å². The Morgan fingerprint density at radius 2 is 1.77 bits per heavy atom. The fourth-order valence-electron chi connectivity index (χ4n) is 2.65. The second-order valence-corrected chi connectivity index (χ2v) is 7.27. The predicted octanol–water partition coefficient (Wildman–Crippen LogP) is 3.12. The molecule has 0 saturated heterocycles. The Morgan fingerprint density at radius 3 is 2.52 bits per heavy atom. The summed E-state index contributed by atoms with van der Waals surface area (Å²) in [4.78, 5) is 40.9. The zero-order valence-electron chi connectivity index (χ0n) is 17.0. The van der Waals surface area contributed by atoms with Gasteiger partial charge in [-0.1, -0.05) is 42.5 Å². The van der Waals surface area contributed by atoms with Crippen LogP contribution in [-0.4, -0.2) is 42.5 Å². The topological polar surface area (TPSA) is 107 Å². The minimum absolute atomic E-state index is 0.293. The van der Waals surface area contributed by atoms with Crippen LogP contribution >= 0.6 is 11.3 Å². The molecule has 1 aromatic heterocycles. The molecule has 0 spiro atoms. The number of anilines is 1. The largest absolute Gasteiger partial charge is 0.496 e. The van der Waals surface area contributed by atoms with E-state index in [0.29, 0.717) is 16.4 Å². The Bertz CT molecular complexity index is 1070. The summed E-state index contributed by atoms with van der Waals surface area (Å²) in [5, 5.41) is 7.31. The standard InChI is InChI=1S/C22H21N3O5S/c1-14(20(27)25-22-24-17(13-31-22)15-8-4-3-5-9-15)30-19(26)12-23-21(28)16-10-6-7-11-18(16)29-2/h3-11,13-14H,12H2,1-2H3,(H,23,28)(H,24,25,27). The maximum Gasteiger partial charge on any atom is 0.326 e. The van der Waals surface area contributed by atoms with E-state index in [1.165, 1.54) is 25.4 Å². The summed E-state index contributed by atoms with van der Waals surface area (Å²) in [5.74, 6) is -1.35. The van der Waals surface area contributed by atoms with Crippen LogP contribution in [0.5, 0.6) is 5.75 Å². The van der Waals surface area contributed by atoms with E-state index >= 15 is 0 Å². The number of benzene rings is 2. The third-order valence-corrected chi connectivity index (χ3v) is 4.98. The molecule has 8 nitrogen and oxygen atoms in total. The smallest absolute Gasteiger partial charge is 0.326 e. The summed E-state index contributed by atoms with van der Waals surface area (Å²) in [6.07, 6.45) is -1.06. The van der Waals surface area contributed by atoms with Gasteiger partial charge in [0.05, 0.1) is 18.4 Å². The van der Waals surface area contributed by atoms with Gasteiger partial charge >= 0.3 is 5.97 Å². The number of aromatic nitrogens is 1. The fraction of sp³-hybridized carbons (Fsp3) is 0.182. The van der Waals surface area contributed by atoms with Gasteiger partial charge in [-0.15, -0.1) is 11.3 Å². The zero-order chi connectivity index (χ0) is 22.2. The molecule has 0 saturated carbocycles. The number of hydrogen-bond acceptors (Lipinski definition) is 7. The lowest BCUT2D eigenvalue weighted by Crippen LogP contribution is -2.35. The lowest BCUT2D eigenvalue weighted by molar-refractivity contribution is -0.152. The van der Waals surface area contributed by atoms with Crippen molar-refractivity contribution in [2.75, 3.05) is 19.0 Å². The lowest BCUT2D eigenvalue weighted by atomic mass is 10.2. The first-order valence-electron chi connectivity index (χ1n) is 9.40. The van der Waals surface area contributed by atoms with Crippen molar-refractivity contribution in [1.29, 1.82) is 0 Å². The van der Waals surface area contributed by atoms with E-state index in [2.05, 4.69) is 15.6 Å². The molecule has 0 bridgehead atoms. The number of esters is 1. The van der Waals surface area contributed by atoms with Crippen LogP contribution < -0.4 is 15.4 Å². The summed E-state index contributed by atoms with van der Waals surface area (Å²) < 4.78 is 10.2. The number of hydrogen-bond donors (Lipinski definition) is 2. The molecule has 1 unspecified atom stereocenters. The molecule has 2 aromatic carbocycles. The summed E-state index contributed by atoms with van der Waals surface area (Å²) in [7, 11) is 1.45. The maximum absolute atomic E-state index is 12.3. The van der Waals surface area contributed by atoms with Gasteiger partial charge in [0.2, 0.25) is 0 Å². The molecule has 0 aliphatic carbocycles. The van der Waals surface area contributed by atoms with Gasteiger partial charge in [0, 0.05) is 10.9 Å². The van der Waals surface area contributed by atoms with Crippen LogP contribution in [0, 0.1) is 0 Å². The molecule has 2 amide bonds. The van der Waals surface area contributed by atoms with Gasteiger partial charge in [0.15, 0.2) is 11.2 Å². The van der Waals surface area contributed by atoms with Crippen molar-refractivity contribution in [2.45, 2.75) is 13.0 Å². The molecule has 9 heteroatoms. The zero-order valence-corrected chi connectivity index (χ0v) is 17.8. The number of nitrogens with one attached hydrogen (secondary N) is 2. The van der Waals surface area contributed by atoms with Crippen LogP contribution in [0.2, 0.25) is 0 Å². The van der Waals surface area contributed by atoms with Gasteiger partial charge in [-0.2, -0.15) is 0 Å². The molecule has 1 heterocycles. The summed E-state index contributed by atoms with van der Waals surface area (Å²) in [6.45, 7) is 1.06. The average Bonchev–Trinajstić information content (AvgIpc) is 3.26. The molecule has 1 atom stereocenters. The Balaban J connectivity index is 1.49. The Labute approximate surface area is 183 Å². The van der Waals surface area contributed by atoms with E-state index in [1.54, 1.807) is 24.3 Å². The molecule has 2 N–H and O–H groups in total. The summed E-state index contributed by atoms with van der Waals surface area (Å²) in [5.41, 5.74) is 1.97. The molecule has 0 aliphatic rings. The van der Waals surface area contributed by atoms with E-state index in [-0.39, 0.29) is 6.54 Å². The molecule has 31 heavy (non-hydrogen) atoms. The Morgan fingerprint density at radius 1 is 1.06 bits per heavy atom. The number of methoxy groups -OCH3 is 1. The number of amides is 2. The second kappa shape index (κ2) is 10.4. The number of nitrogens with zero attached hydrogens (tertiary/aromatic N) is 1. The van der Waals surface area contributed by atoms with Gasteiger partial charge in [0.25, 0.3) is 11.8 Å². The lowest BCUT2D eigenvalue weighted by Gasteiger charge is -2.13. The van der Waals surface area contributed by atoms with Crippen LogP contribution in [0.1, 0.15) is 17.3 Å². The summed E-state index contributed by atoms with van der Waals surface area (Å²) >= 11 is 1.27. The first-order valence-corrected chi connectivity index (χ1v) is 10.3. The van der Waals surface area contributed by atoms with Gasteiger partial charge in [0.1, 0.15) is 12.3 Å². The fourth-order valence-corrected chi connectivity index (χ4v) is 3.37. The van der Waals surface area contributed by atoms with E-state index in [0.717, 1.165) is 11.3 Å². The van der Waals surface area contributed by atoms with E-state index < -0.39 is 23.9 Å². The highest BCUT2D eigenvalue weighted by Gasteiger charge is 2.20. The van der Waals surface area contributed by atoms with Gasteiger partial charge in [-0.05, 0) is 19.1 Å². The van der Waals surface area contributed by atoms with Crippen molar-refractivity contribution in [3.63, 3.8) is 0 Å². The van der Waals surface area contributed by atoms with Crippen LogP contribution in [0.15, 0.2) is 60.0 Å². The molecule has 3 rings (SSSR count). The number of ether oxygens (including phenoxy) is 2. The highest BCUT2D eigenvalue weighted by atomic mass is 32.1. The molecule has 0 fully saturated rings. The molecular formula is C22H21N3O5S. The van der Waals surface area contributed by atoms with Crippen LogP contribution in [-0.2, 0) is 14.3 Å². The van der Waals surface area contributed by atoms with Crippen LogP contribution in [0.4, 0.5) is 5.13 Å². The van der Waals surface area contributed by atoms with Gasteiger partial charge in [-0.3, -0.25) is 19.7 Å². The normalized spacial score (nSPS) is 11.3. The monoisotopic (exact) mass is 439 g/mol. The van der Waals surface area contributed by atoms with E-state index in [9.17, 15) is 14.4 Å². The first kappa shape index (κ1) is 22.0. The highest BCUT2D eigenvalue weighted by molar-refractivity contribution is 7.14. The SMILES string of the molecule is COc1ccccc1C(=O)NCC(=O)OC(C)C(=O)Nc1nc(-c2ccccc2)cs1. The number of para-hydroxylation sites is 1. The van der Waals surface area contributed by atoms with Crippen molar-refractivity contribution in [3.05, 3.63) is 65.5 Å². The summed E-state index contributed by atoms with van der Waals surface area (Å²) in [6, 6.07) is 16.2. The number of carbonyl (C=O) groups excluding carboxylic acids is 3. The molecule has 3 aromatic rings. The minimum Gasteiger partial charge on any atom is -0.496 e. The molecule has 0 radical (unpaired) electrons. The van der Waals surface area contributed by atoms with Crippen molar-refractivity contribution in [2.24, 2.45) is 0 Å². The second-order valence-electron chi connectivity index (χ2n) is 6.41. The van der Waals surface area contributed by atoms with Crippen LogP contribution in [0.3, 0.4) is 0 Å². The maximum atomic E-state index is 12.3. The third kappa shape index (κ3) is 5.89. The van der Waals surface area contributed by atoms with Crippen molar-refractivity contribution < 1.29 is 23.9 Å².